The highest BCUT2D eigenvalue weighted by Gasteiger charge is 2.18. The van der Waals surface area contributed by atoms with Crippen molar-refractivity contribution >= 4 is 29.3 Å². The number of hydrogen-bond donors (Lipinski definition) is 2. The van der Waals surface area contributed by atoms with E-state index in [1.165, 1.54) is 11.8 Å². The molecule has 0 bridgehead atoms. The number of amides is 1. The molecule has 23 heavy (non-hydrogen) atoms. The molecule has 0 saturated carbocycles. The summed E-state index contributed by atoms with van der Waals surface area (Å²) in [7, 11) is 1.58. The molecule has 2 rings (SSSR count). The quantitative estimate of drug-likeness (QED) is 0.747. The van der Waals surface area contributed by atoms with E-state index in [0.717, 1.165) is 12.0 Å². The zero-order valence-corrected chi connectivity index (χ0v) is 14.8. The van der Waals surface area contributed by atoms with Gasteiger partial charge in [0.2, 0.25) is 11.1 Å². The topological polar surface area (TPSA) is 79.9 Å². The molecule has 0 unspecified atom stereocenters. The molecule has 0 aliphatic rings. The van der Waals surface area contributed by atoms with Crippen LogP contribution in [0, 0.1) is 0 Å². The second-order valence-electron chi connectivity index (χ2n) is 4.86. The summed E-state index contributed by atoms with van der Waals surface area (Å²) in [5.74, 6) is 1.17. The number of H-pyrrole nitrogens is 1. The number of aromatic amines is 1. The van der Waals surface area contributed by atoms with Gasteiger partial charge in [-0.2, -0.15) is 0 Å². The number of thioether (sulfide) groups is 1. The zero-order chi connectivity index (χ0) is 16.8. The van der Waals surface area contributed by atoms with Gasteiger partial charge in [-0.3, -0.25) is 9.89 Å². The third kappa shape index (κ3) is 4.62. The van der Waals surface area contributed by atoms with E-state index < -0.39 is 0 Å². The van der Waals surface area contributed by atoms with Crippen LogP contribution in [0.1, 0.15) is 20.3 Å². The molecule has 1 aromatic heterocycles. The molecular weight excluding hydrogens is 336 g/mol. The lowest BCUT2D eigenvalue weighted by Gasteiger charge is -2.08. The van der Waals surface area contributed by atoms with Gasteiger partial charge in [-0.25, -0.2) is 4.98 Å². The van der Waals surface area contributed by atoms with Crippen LogP contribution in [-0.4, -0.2) is 40.0 Å². The summed E-state index contributed by atoms with van der Waals surface area (Å²) in [6.45, 7) is 4.51. The molecule has 1 amide bonds. The van der Waals surface area contributed by atoms with Crippen molar-refractivity contribution in [2.75, 3.05) is 13.7 Å². The number of aromatic nitrogens is 3. The normalized spacial score (nSPS) is 12.0. The van der Waals surface area contributed by atoms with E-state index in [1.807, 2.05) is 13.8 Å². The number of nitrogens with zero attached hydrogens (tertiary/aromatic N) is 2. The number of carbonyl (C=O) groups is 1. The number of hydrogen-bond acceptors (Lipinski definition) is 5. The van der Waals surface area contributed by atoms with E-state index in [1.54, 1.807) is 25.3 Å². The van der Waals surface area contributed by atoms with Gasteiger partial charge in [0.1, 0.15) is 5.75 Å². The standard InChI is InChI=1S/C15H19ClN4O2S/c1-4-7-17-14(21)9(2)23-15-18-13(19-20-15)11-8-10(16)5-6-12(11)22-3/h5-6,8-9H,4,7H2,1-3H3,(H,17,21)(H,18,19,20)/t9-/m1/s1. The summed E-state index contributed by atoms with van der Waals surface area (Å²) in [5.41, 5.74) is 0.724. The Morgan fingerprint density at radius 3 is 3.00 bits per heavy atom. The fourth-order valence-electron chi connectivity index (χ4n) is 1.89. The van der Waals surface area contributed by atoms with Crippen LogP contribution in [0.3, 0.4) is 0 Å². The van der Waals surface area contributed by atoms with Crippen LogP contribution in [0.4, 0.5) is 0 Å². The Hall–Kier alpha value is -1.73. The highest BCUT2D eigenvalue weighted by molar-refractivity contribution is 8.00. The lowest BCUT2D eigenvalue weighted by molar-refractivity contribution is -0.120. The van der Waals surface area contributed by atoms with E-state index >= 15 is 0 Å². The van der Waals surface area contributed by atoms with Crippen molar-refractivity contribution < 1.29 is 9.53 Å². The number of benzene rings is 1. The van der Waals surface area contributed by atoms with Crippen molar-refractivity contribution in [3.63, 3.8) is 0 Å². The van der Waals surface area contributed by atoms with Crippen molar-refractivity contribution in [2.24, 2.45) is 0 Å². The number of halogens is 1. The summed E-state index contributed by atoms with van der Waals surface area (Å²) < 4.78 is 5.31. The molecule has 0 aliphatic carbocycles. The molecule has 8 heteroatoms. The van der Waals surface area contributed by atoms with E-state index in [0.29, 0.717) is 28.3 Å². The van der Waals surface area contributed by atoms with E-state index in [9.17, 15) is 4.79 Å². The monoisotopic (exact) mass is 354 g/mol. The Balaban J connectivity index is 2.12. The zero-order valence-electron chi connectivity index (χ0n) is 13.2. The molecule has 0 saturated heterocycles. The maximum absolute atomic E-state index is 11.9. The number of nitrogens with one attached hydrogen (secondary N) is 2. The fourth-order valence-corrected chi connectivity index (χ4v) is 2.81. The summed E-state index contributed by atoms with van der Waals surface area (Å²) in [6.07, 6.45) is 0.905. The minimum absolute atomic E-state index is 0.0245. The third-order valence-electron chi connectivity index (χ3n) is 3.08. The molecule has 1 aromatic carbocycles. The first kappa shape index (κ1) is 17.6. The van der Waals surface area contributed by atoms with E-state index in [-0.39, 0.29) is 11.2 Å². The van der Waals surface area contributed by atoms with Crippen molar-refractivity contribution in [1.82, 2.24) is 20.5 Å². The maximum Gasteiger partial charge on any atom is 0.233 e. The molecule has 6 nitrogen and oxygen atoms in total. The van der Waals surface area contributed by atoms with Gasteiger partial charge < -0.3 is 10.1 Å². The van der Waals surface area contributed by atoms with Crippen molar-refractivity contribution in [1.29, 1.82) is 0 Å². The minimum atomic E-state index is -0.272. The average molecular weight is 355 g/mol. The highest BCUT2D eigenvalue weighted by atomic mass is 35.5. The highest BCUT2D eigenvalue weighted by Crippen LogP contribution is 2.31. The molecule has 1 heterocycles. The predicted molar refractivity (Wildman–Crippen MR) is 92.0 cm³/mol. The molecule has 0 fully saturated rings. The lowest BCUT2D eigenvalue weighted by Crippen LogP contribution is -2.31. The SMILES string of the molecule is CCCNC(=O)[C@@H](C)Sc1n[nH]c(-c2cc(Cl)ccc2OC)n1. The second-order valence-corrected chi connectivity index (χ2v) is 6.61. The van der Waals surface area contributed by atoms with E-state index in [4.69, 9.17) is 16.3 Å². The molecule has 124 valence electrons. The Kier molecular flexibility index (Phi) is 6.29. The van der Waals surface area contributed by atoms with Crippen molar-refractivity contribution in [2.45, 2.75) is 30.7 Å². The maximum atomic E-state index is 11.9. The van der Waals surface area contributed by atoms with Crippen LogP contribution in [0.2, 0.25) is 5.02 Å². The first-order valence-electron chi connectivity index (χ1n) is 7.25. The van der Waals surface area contributed by atoms with Gasteiger partial charge in [-0.15, -0.1) is 5.10 Å². The fraction of sp³-hybridized carbons (Fsp3) is 0.400. The molecular formula is C15H19ClN4O2S. The van der Waals surface area contributed by atoms with Crippen LogP contribution in [-0.2, 0) is 4.79 Å². The van der Waals surface area contributed by atoms with Gasteiger partial charge in [0.05, 0.1) is 17.9 Å². The largest absolute Gasteiger partial charge is 0.496 e. The van der Waals surface area contributed by atoms with Gasteiger partial charge in [0.15, 0.2) is 5.82 Å². The van der Waals surface area contributed by atoms with E-state index in [2.05, 4.69) is 20.5 Å². The van der Waals surface area contributed by atoms with Crippen LogP contribution >= 0.6 is 23.4 Å². The van der Waals surface area contributed by atoms with Crippen LogP contribution in [0.5, 0.6) is 5.75 Å². The Bertz CT molecular complexity index is 677. The number of rotatable bonds is 7. The number of methoxy groups -OCH3 is 1. The molecule has 1 atom stereocenters. The first-order valence-corrected chi connectivity index (χ1v) is 8.51. The van der Waals surface area contributed by atoms with Crippen molar-refractivity contribution in [3.8, 4) is 17.1 Å². The number of carbonyl (C=O) groups excluding carboxylic acids is 1. The van der Waals surface area contributed by atoms with Crippen LogP contribution < -0.4 is 10.1 Å². The average Bonchev–Trinajstić information content (AvgIpc) is 3.00. The van der Waals surface area contributed by atoms with Gasteiger partial charge in [0, 0.05) is 11.6 Å². The van der Waals surface area contributed by atoms with Gasteiger partial charge in [0.25, 0.3) is 0 Å². The molecule has 2 N–H and O–H groups in total. The minimum Gasteiger partial charge on any atom is -0.496 e. The van der Waals surface area contributed by atoms with Crippen LogP contribution in [0.15, 0.2) is 23.4 Å². The first-order chi connectivity index (χ1) is 11.0. The molecule has 2 aromatic rings. The lowest BCUT2D eigenvalue weighted by atomic mass is 10.2. The number of ether oxygens (including phenoxy) is 1. The van der Waals surface area contributed by atoms with Gasteiger partial charge >= 0.3 is 0 Å². The Morgan fingerprint density at radius 1 is 1.52 bits per heavy atom. The second kappa shape index (κ2) is 8.21. The molecule has 0 aliphatic heterocycles. The third-order valence-corrected chi connectivity index (χ3v) is 4.28. The Labute approximate surface area is 144 Å². The molecule has 0 spiro atoms. The summed E-state index contributed by atoms with van der Waals surface area (Å²) in [4.78, 5) is 16.3. The summed E-state index contributed by atoms with van der Waals surface area (Å²) in [6, 6.07) is 5.27. The summed E-state index contributed by atoms with van der Waals surface area (Å²) >= 11 is 7.33. The smallest absolute Gasteiger partial charge is 0.233 e. The van der Waals surface area contributed by atoms with Gasteiger partial charge in [-0.1, -0.05) is 30.3 Å². The van der Waals surface area contributed by atoms with Gasteiger partial charge in [-0.05, 0) is 31.5 Å². The predicted octanol–water partition coefficient (Wildman–Crippen LogP) is 3.14. The Morgan fingerprint density at radius 2 is 2.30 bits per heavy atom. The molecule has 0 radical (unpaired) electrons. The van der Waals surface area contributed by atoms with Crippen LogP contribution in [0.25, 0.3) is 11.4 Å². The summed E-state index contributed by atoms with van der Waals surface area (Å²) in [5, 5.41) is 10.7. The van der Waals surface area contributed by atoms with Crippen molar-refractivity contribution in [3.05, 3.63) is 23.2 Å².